The van der Waals surface area contributed by atoms with Crippen LogP contribution in [0.3, 0.4) is 0 Å². The van der Waals surface area contributed by atoms with Crippen molar-refractivity contribution in [2.24, 2.45) is 0 Å². The maximum absolute atomic E-state index is 5.83. The zero-order valence-electron chi connectivity index (χ0n) is 12.2. The zero-order valence-corrected chi connectivity index (χ0v) is 12.9. The lowest BCUT2D eigenvalue weighted by atomic mass is 10.2. The molecule has 0 radical (unpaired) electrons. The third kappa shape index (κ3) is 2.99. The summed E-state index contributed by atoms with van der Waals surface area (Å²) in [6.45, 7) is 0.547. The average Bonchev–Trinajstić information content (AvgIpc) is 2.98. The molecule has 2 aromatic heterocycles. The number of hydrogen-bond donors (Lipinski definition) is 1. The monoisotopic (exact) mass is 317 g/mol. The molecule has 0 atom stereocenters. The maximum atomic E-state index is 5.83. The van der Waals surface area contributed by atoms with E-state index in [-0.39, 0.29) is 0 Å². The number of alkyl halides is 1. The normalized spacial score (nSPS) is 10.8. The Labute approximate surface area is 133 Å². The van der Waals surface area contributed by atoms with Crippen LogP contribution in [0.15, 0.2) is 36.7 Å². The molecular formula is C16H16ClN3O2. The van der Waals surface area contributed by atoms with Crippen molar-refractivity contribution in [2.75, 3.05) is 19.6 Å². The van der Waals surface area contributed by atoms with Crippen LogP contribution < -0.4 is 9.47 Å². The van der Waals surface area contributed by atoms with Crippen LogP contribution in [-0.4, -0.2) is 34.5 Å². The number of ether oxygens (including phenoxy) is 2. The van der Waals surface area contributed by atoms with Gasteiger partial charge in [0.1, 0.15) is 22.8 Å². The van der Waals surface area contributed by atoms with Crippen LogP contribution in [0.1, 0.15) is 6.42 Å². The minimum absolute atomic E-state index is 0.547. The zero-order chi connectivity index (χ0) is 15.4. The Kier molecular flexibility index (Phi) is 4.44. The summed E-state index contributed by atoms with van der Waals surface area (Å²) in [7, 11) is 1.63. The van der Waals surface area contributed by atoms with Gasteiger partial charge in [-0.15, -0.1) is 11.6 Å². The number of nitrogens with zero attached hydrogens (tertiary/aromatic N) is 2. The molecule has 1 aromatic carbocycles. The van der Waals surface area contributed by atoms with Gasteiger partial charge in [-0.2, -0.15) is 0 Å². The van der Waals surface area contributed by atoms with E-state index in [2.05, 4.69) is 15.0 Å². The van der Waals surface area contributed by atoms with Crippen LogP contribution in [0.2, 0.25) is 0 Å². The number of imidazole rings is 1. The molecule has 0 unspecified atom stereocenters. The maximum Gasteiger partial charge on any atom is 0.142 e. The van der Waals surface area contributed by atoms with Crippen molar-refractivity contribution in [1.29, 1.82) is 0 Å². The minimum atomic E-state index is 0.547. The molecule has 0 aliphatic carbocycles. The second-order valence-corrected chi connectivity index (χ2v) is 5.11. The molecule has 0 saturated carbocycles. The Morgan fingerprint density at radius 3 is 2.95 bits per heavy atom. The third-order valence-corrected chi connectivity index (χ3v) is 3.53. The predicted octanol–water partition coefficient (Wildman–Crippen LogP) is 3.64. The number of aromatic amines is 1. The van der Waals surface area contributed by atoms with Gasteiger partial charge in [0.05, 0.1) is 31.0 Å². The summed E-state index contributed by atoms with van der Waals surface area (Å²) in [4.78, 5) is 11.9. The molecule has 1 N–H and O–H groups in total. The molecule has 2 heterocycles. The summed E-state index contributed by atoms with van der Waals surface area (Å²) in [5, 5.41) is 0. The third-order valence-electron chi connectivity index (χ3n) is 3.26. The Hall–Kier alpha value is -2.27. The largest absolute Gasteiger partial charge is 0.497 e. The van der Waals surface area contributed by atoms with Crippen molar-refractivity contribution >= 4 is 22.6 Å². The summed E-state index contributed by atoms with van der Waals surface area (Å²) in [6, 6.07) is 7.56. The highest BCUT2D eigenvalue weighted by atomic mass is 35.5. The Morgan fingerprint density at radius 1 is 1.27 bits per heavy atom. The molecule has 0 bridgehead atoms. The van der Waals surface area contributed by atoms with Gasteiger partial charge in [-0.25, -0.2) is 4.98 Å². The molecular weight excluding hydrogens is 302 g/mol. The van der Waals surface area contributed by atoms with E-state index in [1.165, 1.54) is 0 Å². The van der Waals surface area contributed by atoms with E-state index in [9.17, 15) is 0 Å². The van der Waals surface area contributed by atoms with Crippen LogP contribution in [0.5, 0.6) is 11.5 Å². The number of fused-ring (bicyclic) bond motifs is 1. The number of aromatic nitrogens is 3. The number of H-pyrrole nitrogens is 1. The number of nitrogens with one attached hydrogen (secondary N) is 1. The number of rotatable bonds is 6. The van der Waals surface area contributed by atoms with Gasteiger partial charge >= 0.3 is 0 Å². The molecule has 114 valence electrons. The van der Waals surface area contributed by atoms with E-state index >= 15 is 0 Å². The lowest BCUT2D eigenvalue weighted by Crippen LogP contribution is -2.00. The van der Waals surface area contributed by atoms with Crippen molar-refractivity contribution in [3.8, 4) is 22.9 Å². The van der Waals surface area contributed by atoms with Crippen LogP contribution in [0.4, 0.5) is 0 Å². The van der Waals surface area contributed by atoms with Gasteiger partial charge in [-0.1, -0.05) is 0 Å². The average molecular weight is 318 g/mol. The van der Waals surface area contributed by atoms with Crippen LogP contribution in [0.25, 0.3) is 22.4 Å². The number of hydrogen-bond acceptors (Lipinski definition) is 4. The van der Waals surface area contributed by atoms with Crippen molar-refractivity contribution in [3.63, 3.8) is 0 Å². The fraction of sp³-hybridized carbons (Fsp3) is 0.250. The van der Waals surface area contributed by atoms with Gasteiger partial charge in [-0.05, 0) is 24.6 Å². The molecule has 6 heteroatoms. The number of methoxy groups -OCH3 is 1. The van der Waals surface area contributed by atoms with Gasteiger partial charge in [-0.3, -0.25) is 4.98 Å². The molecule has 3 aromatic rings. The van der Waals surface area contributed by atoms with Crippen LogP contribution in [-0.2, 0) is 0 Å². The standard InChI is InChI=1S/C16H16ClN3O2/c1-21-11-3-4-12(15(9-11)22-8-2-6-17)16-19-13-5-7-18-10-14(13)20-16/h3-5,7,9-10H,2,6,8H2,1H3,(H,19,20). The predicted molar refractivity (Wildman–Crippen MR) is 86.7 cm³/mol. The van der Waals surface area contributed by atoms with Crippen LogP contribution >= 0.6 is 11.6 Å². The topological polar surface area (TPSA) is 60.0 Å². The molecule has 0 fully saturated rings. The summed E-state index contributed by atoms with van der Waals surface area (Å²) in [5.74, 6) is 2.76. The van der Waals surface area contributed by atoms with E-state index in [4.69, 9.17) is 21.1 Å². The second kappa shape index (κ2) is 6.66. The SMILES string of the molecule is COc1ccc(-c2nc3cnccc3[nH]2)c(OCCCCl)c1. The molecule has 0 spiro atoms. The first-order valence-electron chi connectivity index (χ1n) is 6.98. The fourth-order valence-electron chi connectivity index (χ4n) is 2.17. The first-order valence-corrected chi connectivity index (χ1v) is 7.52. The van der Waals surface area contributed by atoms with E-state index in [0.29, 0.717) is 12.5 Å². The highest BCUT2D eigenvalue weighted by Crippen LogP contribution is 2.33. The smallest absolute Gasteiger partial charge is 0.142 e. The number of pyridine rings is 1. The second-order valence-electron chi connectivity index (χ2n) is 4.73. The highest BCUT2D eigenvalue weighted by Gasteiger charge is 2.12. The van der Waals surface area contributed by atoms with Crippen molar-refractivity contribution in [2.45, 2.75) is 6.42 Å². The molecule has 22 heavy (non-hydrogen) atoms. The van der Waals surface area contributed by atoms with Crippen molar-refractivity contribution < 1.29 is 9.47 Å². The highest BCUT2D eigenvalue weighted by molar-refractivity contribution is 6.17. The lowest BCUT2D eigenvalue weighted by Gasteiger charge is -2.11. The summed E-state index contributed by atoms with van der Waals surface area (Å²) >= 11 is 5.71. The lowest BCUT2D eigenvalue weighted by molar-refractivity contribution is 0.316. The van der Waals surface area contributed by atoms with E-state index in [1.54, 1.807) is 19.5 Å². The Bertz CT molecular complexity index is 740. The quantitative estimate of drug-likeness (QED) is 0.557. The fourth-order valence-corrected chi connectivity index (χ4v) is 2.27. The van der Waals surface area contributed by atoms with Crippen molar-refractivity contribution in [1.82, 2.24) is 15.0 Å². The van der Waals surface area contributed by atoms with Gasteiger partial charge in [0.25, 0.3) is 0 Å². The van der Waals surface area contributed by atoms with Crippen molar-refractivity contribution in [3.05, 3.63) is 36.7 Å². The summed E-state index contributed by atoms with van der Waals surface area (Å²) in [6.07, 6.45) is 4.24. The van der Waals surface area contributed by atoms with Gasteiger partial charge in [0.15, 0.2) is 0 Å². The van der Waals surface area contributed by atoms with Gasteiger partial charge in [0, 0.05) is 18.1 Å². The molecule has 0 amide bonds. The first kappa shape index (κ1) is 14.7. The number of halogens is 1. The Morgan fingerprint density at radius 2 is 2.18 bits per heavy atom. The Balaban J connectivity index is 2.00. The first-order chi connectivity index (χ1) is 10.8. The molecule has 0 saturated heterocycles. The molecule has 0 aliphatic rings. The summed E-state index contributed by atoms with van der Waals surface area (Å²) in [5.41, 5.74) is 2.64. The molecule has 3 rings (SSSR count). The van der Waals surface area contributed by atoms with Gasteiger partial charge in [0.2, 0.25) is 0 Å². The van der Waals surface area contributed by atoms with Crippen LogP contribution in [0, 0.1) is 0 Å². The number of benzene rings is 1. The van der Waals surface area contributed by atoms with Gasteiger partial charge < -0.3 is 14.5 Å². The van der Waals surface area contributed by atoms with E-state index in [0.717, 1.165) is 40.3 Å². The minimum Gasteiger partial charge on any atom is -0.497 e. The van der Waals surface area contributed by atoms with E-state index in [1.807, 2.05) is 24.3 Å². The molecule has 0 aliphatic heterocycles. The summed E-state index contributed by atoms with van der Waals surface area (Å²) < 4.78 is 11.1. The van der Waals surface area contributed by atoms with E-state index < -0.39 is 0 Å². The molecule has 5 nitrogen and oxygen atoms in total.